The van der Waals surface area contributed by atoms with Crippen molar-refractivity contribution < 1.29 is 0 Å². The van der Waals surface area contributed by atoms with E-state index in [-0.39, 0.29) is 0 Å². The quantitative estimate of drug-likeness (QED) is 0.135. The van der Waals surface area contributed by atoms with Crippen molar-refractivity contribution in [1.29, 1.82) is 0 Å². The average molecular weight is 449 g/mol. The third kappa shape index (κ3) is 16.0. The molecule has 1 aliphatic rings. The summed E-state index contributed by atoms with van der Waals surface area (Å²) < 4.78 is 0. The van der Waals surface area contributed by atoms with E-state index in [1.807, 2.05) is 0 Å². The van der Waals surface area contributed by atoms with Crippen LogP contribution in [0.2, 0.25) is 0 Å². The standard InChI is InChI=1S/C30H60N2/c1-4-6-8-10-12-14-16-17-19-21-23-25-27-32-29-28-31(30(32)3)26-24-22-20-18-15-13-11-9-7-5-2/h28-30H,4-27H2,1-3H3. The van der Waals surface area contributed by atoms with Crippen LogP contribution in [-0.4, -0.2) is 29.1 Å². The molecule has 0 N–H and O–H groups in total. The summed E-state index contributed by atoms with van der Waals surface area (Å²) in [5.41, 5.74) is 0. The van der Waals surface area contributed by atoms with E-state index in [9.17, 15) is 0 Å². The minimum absolute atomic E-state index is 0.571. The monoisotopic (exact) mass is 448 g/mol. The van der Waals surface area contributed by atoms with Crippen LogP contribution in [0.4, 0.5) is 0 Å². The fourth-order valence-corrected chi connectivity index (χ4v) is 5.05. The SMILES string of the molecule is CCCCCCCCCCCCCCN1C=CN(CCCCCCCCCCCC)C1C. The number of rotatable bonds is 24. The first-order valence-corrected chi connectivity index (χ1v) is 15.0. The summed E-state index contributed by atoms with van der Waals surface area (Å²) in [6.45, 7) is 9.47. The van der Waals surface area contributed by atoms with Gasteiger partial charge in [-0.3, -0.25) is 0 Å². The van der Waals surface area contributed by atoms with Gasteiger partial charge in [-0.2, -0.15) is 0 Å². The first-order chi connectivity index (χ1) is 15.8. The van der Waals surface area contributed by atoms with Crippen LogP contribution in [0.1, 0.15) is 162 Å². The van der Waals surface area contributed by atoms with Crippen molar-refractivity contribution in [3.63, 3.8) is 0 Å². The summed E-state index contributed by atoms with van der Waals surface area (Å²) in [4.78, 5) is 5.12. The molecule has 190 valence electrons. The van der Waals surface area contributed by atoms with E-state index in [1.165, 1.54) is 154 Å². The molecular formula is C30H60N2. The second kappa shape index (κ2) is 22.1. The van der Waals surface area contributed by atoms with Crippen LogP contribution >= 0.6 is 0 Å². The largest absolute Gasteiger partial charge is 0.356 e. The van der Waals surface area contributed by atoms with Crippen molar-refractivity contribution in [2.75, 3.05) is 13.1 Å². The first kappa shape index (κ1) is 29.4. The molecule has 1 heterocycles. The van der Waals surface area contributed by atoms with Crippen molar-refractivity contribution in [3.05, 3.63) is 12.4 Å². The molecule has 1 aliphatic heterocycles. The zero-order valence-corrected chi connectivity index (χ0v) is 22.6. The molecule has 2 heteroatoms. The van der Waals surface area contributed by atoms with E-state index < -0.39 is 0 Å². The lowest BCUT2D eigenvalue weighted by Crippen LogP contribution is -2.36. The van der Waals surface area contributed by atoms with Gasteiger partial charge in [0, 0.05) is 25.5 Å². The molecule has 0 spiro atoms. The van der Waals surface area contributed by atoms with Crippen molar-refractivity contribution in [2.45, 2.75) is 168 Å². The Morgan fingerprint density at radius 3 is 0.938 bits per heavy atom. The fourth-order valence-electron chi connectivity index (χ4n) is 5.05. The summed E-state index contributed by atoms with van der Waals surface area (Å²) in [7, 11) is 0. The molecule has 1 unspecified atom stereocenters. The molecular weight excluding hydrogens is 388 g/mol. The molecule has 0 fully saturated rings. The summed E-state index contributed by atoms with van der Waals surface area (Å²) in [6, 6.07) is 0. The van der Waals surface area contributed by atoms with Crippen molar-refractivity contribution in [1.82, 2.24) is 9.80 Å². The minimum atomic E-state index is 0.571. The highest BCUT2D eigenvalue weighted by atomic mass is 15.4. The average Bonchev–Trinajstić information content (AvgIpc) is 3.15. The van der Waals surface area contributed by atoms with Crippen molar-refractivity contribution in [3.8, 4) is 0 Å². The molecule has 0 aromatic rings. The lowest BCUT2D eigenvalue weighted by atomic mass is 10.1. The number of hydrogen-bond acceptors (Lipinski definition) is 2. The van der Waals surface area contributed by atoms with Crippen LogP contribution in [0.5, 0.6) is 0 Å². The van der Waals surface area contributed by atoms with Gasteiger partial charge in [-0.15, -0.1) is 0 Å². The van der Waals surface area contributed by atoms with Gasteiger partial charge in [-0.1, -0.05) is 142 Å². The zero-order valence-electron chi connectivity index (χ0n) is 22.6. The van der Waals surface area contributed by atoms with Crippen molar-refractivity contribution >= 4 is 0 Å². The Hall–Kier alpha value is -0.660. The highest BCUT2D eigenvalue weighted by Gasteiger charge is 2.20. The Labute approximate surface area is 203 Å². The summed E-state index contributed by atoms with van der Waals surface area (Å²) in [6.07, 6.45) is 36.7. The second-order valence-electron chi connectivity index (χ2n) is 10.5. The van der Waals surface area contributed by atoms with Crippen LogP contribution in [0, 0.1) is 0 Å². The lowest BCUT2D eigenvalue weighted by Gasteiger charge is -2.30. The van der Waals surface area contributed by atoms with Crippen LogP contribution in [0.15, 0.2) is 12.4 Å². The highest BCUT2D eigenvalue weighted by molar-refractivity contribution is 4.95. The molecule has 2 nitrogen and oxygen atoms in total. The van der Waals surface area contributed by atoms with Gasteiger partial charge < -0.3 is 9.80 Å². The van der Waals surface area contributed by atoms with Gasteiger partial charge in [0.2, 0.25) is 0 Å². The van der Waals surface area contributed by atoms with Gasteiger partial charge in [-0.05, 0) is 19.8 Å². The molecule has 0 saturated carbocycles. The predicted molar refractivity (Wildman–Crippen MR) is 145 cm³/mol. The van der Waals surface area contributed by atoms with E-state index >= 15 is 0 Å². The first-order valence-electron chi connectivity index (χ1n) is 15.0. The van der Waals surface area contributed by atoms with Gasteiger partial charge in [0.15, 0.2) is 0 Å². The smallest absolute Gasteiger partial charge is 0.0977 e. The maximum Gasteiger partial charge on any atom is 0.0977 e. The number of hydrogen-bond donors (Lipinski definition) is 0. The summed E-state index contributed by atoms with van der Waals surface area (Å²) in [5, 5.41) is 0. The normalized spacial score (nSPS) is 15.9. The van der Waals surface area contributed by atoms with Crippen LogP contribution in [0.3, 0.4) is 0 Å². The van der Waals surface area contributed by atoms with E-state index in [1.54, 1.807) is 0 Å². The maximum absolute atomic E-state index is 2.56. The number of unbranched alkanes of at least 4 members (excludes halogenated alkanes) is 20. The molecule has 0 aromatic heterocycles. The van der Waals surface area contributed by atoms with Gasteiger partial charge in [-0.25, -0.2) is 0 Å². The van der Waals surface area contributed by atoms with Crippen LogP contribution in [-0.2, 0) is 0 Å². The van der Waals surface area contributed by atoms with Crippen LogP contribution < -0.4 is 0 Å². The Balaban J connectivity index is 1.87. The Morgan fingerprint density at radius 2 is 0.656 bits per heavy atom. The third-order valence-electron chi connectivity index (χ3n) is 7.45. The van der Waals surface area contributed by atoms with E-state index in [4.69, 9.17) is 0 Å². The highest BCUT2D eigenvalue weighted by Crippen LogP contribution is 2.19. The van der Waals surface area contributed by atoms with Gasteiger partial charge in [0.25, 0.3) is 0 Å². The predicted octanol–water partition coefficient (Wildman–Crippen LogP) is 10.0. The fraction of sp³-hybridized carbons (Fsp3) is 0.933. The lowest BCUT2D eigenvalue weighted by molar-refractivity contribution is 0.165. The molecule has 1 atom stereocenters. The molecule has 0 saturated heterocycles. The molecule has 0 aromatic carbocycles. The maximum atomic E-state index is 2.56. The Bertz CT molecular complexity index is 406. The Morgan fingerprint density at radius 1 is 0.406 bits per heavy atom. The molecule has 0 radical (unpaired) electrons. The topological polar surface area (TPSA) is 6.48 Å². The summed E-state index contributed by atoms with van der Waals surface area (Å²) in [5.74, 6) is 0. The van der Waals surface area contributed by atoms with E-state index in [2.05, 4.69) is 43.0 Å². The van der Waals surface area contributed by atoms with E-state index in [0.717, 1.165) is 0 Å². The van der Waals surface area contributed by atoms with Gasteiger partial charge >= 0.3 is 0 Å². The molecule has 32 heavy (non-hydrogen) atoms. The van der Waals surface area contributed by atoms with Crippen LogP contribution in [0.25, 0.3) is 0 Å². The molecule has 0 bridgehead atoms. The van der Waals surface area contributed by atoms with Gasteiger partial charge in [0.05, 0.1) is 6.17 Å². The molecule has 0 amide bonds. The molecule has 0 aliphatic carbocycles. The third-order valence-corrected chi connectivity index (χ3v) is 7.45. The van der Waals surface area contributed by atoms with Crippen molar-refractivity contribution in [2.24, 2.45) is 0 Å². The minimum Gasteiger partial charge on any atom is -0.356 e. The number of nitrogens with zero attached hydrogens (tertiary/aromatic N) is 2. The Kier molecular flexibility index (Phi) is 20.3. The summed E-state index contributed by atoms with van der Waals surface area (Å²) >= 11 is 0. The second-order valence-corrected chi connectivity index (χ2v) is 10.5. The van der Waals surface area contributed by atoms with E-state index in [0.29, 0.717) is 6.17 Å². The molecule has 1 rings (SSSR count). The zero-order chi connectivity index (χ0) is 23.1. The van der Waals surface area contributed by atoms with Gasteiger partial charge in [0.1, 0.15) is 0 Å².